The highest BCUT2D eigenvalue weighted by molar-refractivity contribution is 6.04. The van der Waals surface area contributed by atoms with Gasteiger partial charge in [-0.3, -0.25) is 9.59 Å². The van der Waals surface area contributed by atoms with Crippen molar-refractivity contribution < 1.29 is 14.3 Å². The van der Waals surface area contributed by atoms with Crippen LogP contribution in [0.15, 0.2) is 61.2 Å². The molecule has 158 valence electrons. The molecule has 3 nitrogen and oxygen atoms in total. The van der Waals surface area contributed by atoms with E-state index in [2.05, 4.69) is 13.5 Å². The van der Waals surface area contributed by atoms with Crippen molar-refractivity contribution in [2.24, 2.45) is 11.8 Å². The van der Waals surface area contributed by atoms with Crippen LogP contribution in [0.5, 0.6) is 5.75 Å². The normalized spacial score (nSPS) is 18.6. The van der Waals surface area contributed by atoms with E-state index in [-0.39, 0.29) is 17.7 Å². The minimum atomic E-state index is -0.0953. The van der Waals surface area contributed by atoms with Crippen LogP contribution in [0.4, 0.5) is 0 Å². The van der Waals surface area contributed by atoms with E-state index in [0.29, 0.717) is 11.3 Å². The maximum Gasteiger partial charge on any atom is 0.314 e. The third-order valence-electron chi connectivity index (χ3n) is 6.16. The Hall–Kier alpha value is -2.68. The molecular weight excluding hydrogens is 372 g/mol. The van der Waals surface area contributed by atoms with Crippen LogP contribution in [0.3, 0.4) is 0 Å². The summed E-state index contributed by atoms with van der Waals surface area (Å²) in [4.78, 5) is 24.2. The number of benzene rings is 2. The molecule has 30 heavy (non-hydrogen) atoms. The molecular formula is C27H32O3. The summed E-state index contributed by atoms with van der Waals surface area (Å²) in [6, 6.07) is 15.0. The third kappa shape index (κ3) is 5.91. The second-order valence-electron chi connectivity index (χ2n) is 8.30. The molecule has 0 aliphatic heterocycles. The molecule has 0 unspecified atom stereocenters. The molecule has 0 saturated heterocycles. The second-order valence-corrected chi connectivity index (χ2v) is 8.30. The fourth-order valence-electron chi connectivity index (χ4n) is 4.23. The van der Waals surface area contributed by atoms with Gasteiger partial charge in [-0.15, -0.1) is 0 Å². The molecule has 0 atom stereocenters. The topological polar surface area (TPSA) is 43.4 Å². The second kappa shape index (κ2) is 10.9. The number of ketones is 1. The lowest BCUT2D eigenvalue weighted by Gasteiger charge is -2.27. The highest BCUT2D eigenvalue weighted by atomic mass is 16.5. The van der Waals surface area contributed by atoms with E-state index in [0.717, 1.165) is 42.7 Å². The first-order chi connectivity index (χ1) is 14.6. The Kier molecular flexibility index (Phi) is 8.01. The standard InChI is InChI=1S/C27H32O3/c1-3-5-6-7-20-8-10-24(11-9-20)27(29)30-25-18-16-22(17-19-25)21-12-14-23(15-13-21)26(28)4-2/h4,12-20,24H,2-3,5-11H2,1H3. The summed E-state index contributed by atoms with van der Waals surface area (Å²) in [5.41, 5.74) is 2.65. The zero-order valence-electron chi connectivity index (χ0n) is 17.9. The summed E-state index contributed by atoms with van der Waals surface area (Å²) < 4.78 is 5.65. The van der Waals surface area contributed by atoms with Crippen molar-refractivity contribution in [3.05, 3.63) is 66.7 Å². The lowest BCUT2D eigenvalue weighted by atomic mass is 9.80. The molecule has 0 aromatic heterocycles. The van der Waals surface area contributed by atoms with Crippen molar-refractivity contribution in [3.63, 3.8) is 0 Å². The summed E-state index contributed by atoms with van der Waals surface area (Å²) in [5, 5.41) is 0. The lowest BCUT2D eigenvalue weighted by molar-refractivity contribution is -0.140. The van der Waals surface area contributed by atoms with E-state index >= 15 is 0 Å². The van der Waals surface area contributed by atoms with Gasteiger partial charge >= 0.3 is 5.97 Å². The number of hydrogen-bond acceptors (Lipinski definition) is 3. The molecule has 0 amide bonds. The van der Waals surface area contributed by atoms with E-state index < -0.39 is 0 Å². The van der Waals surface area contributed by atoms with Crippen LogP contribution >= 0.6 is 0 Å². The van der Waals surface area contributed by atoms with Crippen LogP contribution in [-0.4, -0.2) is 11.8 Å². The van der Waals surface area contributed by atoms with Crippen LogP contribution in [-0.2, 0) is 4.79 Å². The molecule has 1 aliphatic carbocycles. The molecule has 2 aromatic carbocycles. The van der Waals surface area contributed by atoms with Gasteiger partial charge in [0.25, 0.3) is 0 Å². The molecule has 0 N–H and O–H groups in total. The largest absolute Gasteiger partial charge is 0.426 e. The number of rotatable bonds is 9. The van der Waals surface area contributed by atoms with Crippen LogP contribution < -0.4 is 4.74 Å². The first-order valence-electron chi connectivity index (χ1n) is 11.2. The molecule has 1 saturated carbocycles. The average Bonchev–Trinajstić information content (AvgIpc) is 2.80. The minimum Gasteiger partial charge on any atom is -0.426 e. The van der Waals surface area contributed by atoms with Crippen molar-refractivity contribution in [1.29, 1.82) is 0 Å². The van der Waals surface area contributed by atoms with Gasteiger partial charge in [0.2, 0.25) is 0 Å². The van der Waals surface area contributed by atoms with Gasteiger partial charge in [-0.05, 0) is 60.9 Å². The maximum absolute atomic E-state index is 12.6. The molecule has 1 fully saturated rings. The molecule has 0 spiro atoms. The summed E-state index contributed by atoms with van der Waals surface area (Å²) in [5.74, 6) is 1.23. The Bertz CT molecular complexity index is 841. The predicted octanol–water partition coefficient (Wildman–Crippen LogP) is 7.01. The van der Waals surface area contributed by atoms with E-state index in [4.69, 9.17) is 4.74 Å². The van der Waals surface area contributed by atoms with E-state index in [1.807, 2.05) is 36.4 Å². The predicted molar refractivity (Wildman–Crippen MR) is 122 cm³/mol. The van der Waals surface area contributed by atoms with Gasteiger partial charge in [-0.25, -0.2) is 0 Å². The fraction of sp³-hybridized carbons (Fsp3) is 0.407. The number of esters is 1. The SMILES string of the molecule is C=CC(=O)c1ccc(-c2ccc(OC(=O)C3CCC(CCCCC)CC3)cc2)cc1. The zero-order chi connectivity index (χ0) is 21.3. The molecule has 3 rings (SSSR count). The quantitative estimate of drug-likeness (QED) is 0.148. The summed E-state index contributed by atoms with van der Waals surface area (Å²) in [6.45, 7) is 5.75. The Morgan fingerprint density at radius 2 is 1.53 bits per heavy atom. The summed E-state index contributed by atoms with van der Waals surface area (Å²) in [6.07, 6.45) is 10.7. The van der Waals surface area contributed by atoms with Crippen LogP contribution in [0, 0.1) is 11.8 Å². The molecule has 3 heteroatoms. The molecule has 2 aromatic rings. The number of allylic oxidation sites excluding steroid dienone is 1. The van der Waals surface area contributed by atoms with E-state index in [1.165, 1.54) is 31.8 Å². The molecule has 0 radical (unpaired) electrons. The van der Waals surface area contributed by atoms with Gasteiger partial charge < -0.3 is 4.74 Å². The van der Waals surface area contributed by atoms with Crippen LogP contribution in [0.25, 0.3) is 11.1 Å². The monoisotopic (exact) mass is 404 g/mol. The minimum absolute atomic E-state index is 0.0297. The summed E-state index contributed by atoms with van der Waals surface area (Å²) in [7, 11) is 0. The van der Waals surface area contributed by atoms with Crippen molar-refractivity contribution in [3.8, 4) is 16.9 Å². The van der Waals surface area contributed by atoms with Crippen LogP contribution in [0.2, 0.25) is 0 Å². The fourth-order valence-corrected chi connectivity index (χ4v) is 4.23. The maximum atomic E-state index is 12.6. The van der Waals surface area contributed by atoms with Gasteiger partial charge in [-0.1, -0.05) is 75.6 Å². The van der Waals surface area contributed by atoms with Gasteiger partial charge in [0.05, 0.1) is 5.92 Å². The number of ether oxygens (including phenoxy) is 1. The first kappa shape index (κ1) is 22.0. The number of unbranched alkanes of at least 4 members (excludes halogenated alkanes) is 2. The highest BCUT2D eigenvalue weighted by Crippen LogP contribution is 2.33. The van der Waals surface area contributed by atoms with Crippen molar-refractivity contribution in [2.45, 2.75) is 58.3 Å². The Morgan fingerprint density at radius 3 is 2.10 bits per heavy atom. The number of carbonyl (C=O) groups is 2. The zero-order valence-corrected chi connectivity index (χ0v) is 17.9. The number of carbonyl (C=O) groups excluding carboxylic acids is 2. The highest BCUT2D eigenvalue weighted by Gasteiger charge is 2.27. The van der Waals surface area contributed by atoms with Crippen LogP contribution in [0.1, 0.15) is 68.6 Å². The first-order valence-corrected chi connectivity index (χ1v) is 11.2. The molecule has 1 aliphatic rings. The van der Waals surface area contributed by atoms with E-state index in [1.54, 1.807) is 12.1 Å². The average molecular weight is 405 g/mol. The lowest BCUT2D eigenvalue weighted by Crippen LogP contribution is -2.25. The molecule has 0 heterocycles. The Morgan fingerprint density at radius 1 is 0.933 bits per heavy atom. The smallest absolute Gasteiger partial charge is 0.314 e. The van der Waals surface area contributed by atoms with Gasteiger partial charge in [0.1, 0.15) is 5.75 Å². The van der Waals surface area contributed by atoms with Gasteiger partial charge in [0, 0.05) is 5.56 Å². The van der Waals surface area contributed by atoms with Crippen molar-refractivity contribution in [1.82, 2.24) is 0 Å². The number of hydrogen-bond donors (Lipinski definition) is 0. The van der Waals surface area contributed by atoms with Crippen molar-refractivity contribution >= 4 is 11.8 Å². The van der Waals surface area contributed by atoms with Crippen molar-refractivity contribution in [2.75, 3.05) is 0 Å². The Labute approximate surface area is 180 Å². The Balaban J connectivity index is 1.51. The van der Waals surface area contributed by atoms with Gasteiger partial charge in [0.15, 0.2) is 5.78 Å². The third-order valence-corrected chi connectivity index (χ3v) is 6.16. The molecule has 0 bridgehead atoms. The van der Waals surface area contributed by atoms with Gasteiger partial charge in [-0.2, -0.15) is 0 Å². The summed E-state index contributed by atoms with van der Waals surface area (Å²) >= 11 is 0. The van der Waals surface area contributed by atoms with E-state index in [9.17, 15) is 9.59 Å².